The van der Waals surface area contributed by atoms with Gasteiger partial charge in [-0.25, -0.2) is 0 Å². The maximum Gasteiger partial charge on any atom is 0.177 e. The fraction of sp³-hybridized carbons (Fsp3) is 0.130. The molecule has 0 amide bonds. The van der Waals surface area contributed by atoms with Gasteiger partial charge in [-0.3, -0.25) is 4.98 Å². The summed E-state index contributed by atoms with van der Waals surface area (Å²) < 4.78 is 7.14. The van der Waals surface area contributed by atoms with E-state index in [9.17, 15) is 0 Å². The lowest BCUT2D eigenvalue weighted by atomic mass is 9.98. The molecule has 142 valence electrons. The van der Waals surface area contributed by atoms with E-state index < -0.39 is 0 Å². The molecule has 3 aromatic heterocycles. The van der Waals surface area contributed by atoms with Gasteiger partial charge in [0.1, 0.15) is 5.75 Å². The molecule has 5 rings (SSSR count). The molecule has 0 radical (unpaired) electrons. The first kappa shape index (κ1) is 17.3. The second-order valence-electron chi connectivity index (χ2n) is 6.96. The molecule has 0 saturated heterocycles. The summed E-state index contributed by atoms with van der Waals surface area (Å²) in [6.07, 6.45) is 1.73. The zero-order valence-corrected chi connectivity index (χ0v) is 16.1. The lowest BCUT2D eigenvalue weighted by molar-refractivity contribution is 0.414. The third-order valence-electron chi connectivity index (χ3n) is 5.16. The normalized spacial score (nSPS) is 12.3. The number of nitrogens with zero attached hydrogens (tertiary/aromatic N) is 5. The highest BCUT2D eigenvalue weighted by molar-refractivity contribution is 5.80. The Morgan fingerprint density at radius 1 is 0.931 bits per heavy atom. The van der Waals surface area contributed by atoms with Crippen LogP contribution in [0.25, 0.3) is 27.8 Å². The number of rotatable bonds is 4. The predicted octanol–water partition coefficient (Wildman–Crippen LogP) is 4.50. The molecule has 0 aliphatic carbocycles. The fourth-order valence-electron chi connectivity index (χ4n) is 3.50. The molecule has 0 spiro atoms. The molecule has 0 unspecified atom stereocenters. The molecule has 0 saturated carbocycles. The Balaban J connectivity index is 1.58. The van der Waals surface area contributed by atoms with Gasteiger partial charge in [0.05, 0.1) is 24.5 Å². The lowest BCUT2D eigenvalue weighted by Gasteiger charge is -2.12. The first-order valence-corrected chi connectivity index (χ1v) is 9.44. The van der Waals surface area contributed by atoms with Crippen molar-refractivity contribution in [1.29, 1.82) is 0 Å². The molecule has 0 aliphatic heterocycles. The van der Waals surface area contributed by atoms with Gasteiger partial charge in [0, 0.05) is 16.9 Å². The van der Waals surface area contributed by atoms with Crippen LogP contribution < -0.4 is 4.74 Å². The van der Waals surface area contributed by atoms with E-state index in [1.165, 1.54) is 0 Å². The number of aromatic nitrogens is 5. The standard InChI is InChI=1S/C23H19N5O/c1-15(17-8-9-20-18(12-17)13-19(29-2)14-24-20)23-26-25-22-11-10-21(27-28(22)23)16-6-4-3-5-7-16/h3-15H,1-2H3/t15-/m0/s1. The molecule has 1 atom stereocenters. The van der Waals surface area contributed by atoms with E-state index in [-0.39, 0.29) is 5.92 Å². The van der Waals surface area contributed by atoms with Crippen molar-refractivity contribution in [3.8, 4) is 17.0 Å². The highest BCUT2D eigenvalue weighted by atomic mass is 16.5. The van der Waals surface area contributed by atoms with Crippen LogP contribution in [-0.4, -0.2) is 31.9 Å². The Morgan fingerprint density at radius 2 is 1.79 bits per heavy atom. The van der Waals surface area contributed by atoms with Gasteiger partial charge >= 0.3 is 0 Å². The van der Waals surface area contributed by atoms with Crippen LogP contribution in [0.4, 0.5) is 0 Å². The van der Waals surface area contributed by atoms with E-state index in [1.54, 1.807) is 13.3 Å². The number of benzene rings is 2. The molecule has 5 aromatic rings. The van der Waals surface area contributed by atoms with Crippen molar-refractivity contribution in [3.63, 3.8) is 0 Å². The van der Waals surface area contributed by atoms with Crippen molar-refractivity contribution in [3.05, 3.63) is 84.3 Å². The zero-order chi connectivity index (χ0) is 19.8. The Bertz CT molecular complexity index is 1310. The second kappa shape index (κ2) is 6.98. The summed E-state index contributed by atoms with van der Waals surface area (Å²) in [5.74, 6) is 1.55. The van der Waals surface area contributed by atoms with Crippen molar-refractivity contribution in [2.75, 3.05) is 7.11 Å². The highest BCUT2D eigenvalue weighted by Gasteiger charge is 2.18. The van der Waals surface area contributed by atoms with Crippen LogP contribution in [0.1, 0.15) is 24.2 Å². The molecule has 0 N–H and O–H groups in total. The molecule has 0 aliphatic rings. The molecule has 6 nitrogen and oxygen atoms in total. The quantitative estimate of drug-likeness (QED) is 0.459. The predicted molar refractivity (Wildman–Crippen MR) is 112 cm³/mol. The number of ether oxygens (including phenoxy) is 1. The van der Waals surface area contributed by atoms with E-state index in [2.05, 4.69) is 34.2 Å². The van der Waals surface area contributed by atoms with Crippen molar-refractivity contribution in [2.24, 2.45) is 0 Å². The van der Waals surface area contributed by atoms with E-state index in [0.29, 0.717) is 0 Å². The van der Waals surface area contributed by atoms with Crippen LogP contribution in [0, 0.1) is 0 Å². The van der Waals surface area contributed by atoms with Crippen molar-refractivity contribution < 1.29 is 4.74 Å². The van der Waals surface area contributed by atoms with Gasteiger partial charge in [-0.2, -0.15) is 9.61 Å². The first-order valence-electron chi connectivity index (χ1n) is 9.44. The number of fused-ring (bicyclic) bond motifs is 2. The summed E-state index contributed by atoms with van der Waals surface area (Å²) in [6.45, 7) is 2.11. The van der Waals surface area contributed by atoms with E-state index >= 15 is 0 Å². The smallest absolute Gasteiger partial charge is 0.177 e. The van der Waals surface area contributed by atoms with Crippen LogP contribution in [0.5, 0.6) is 5.75 Å². The summed E-state index contributed by atoms with van der Waals surface area (Å²) in [5, 5.41) is 14.6. The Labute approximate surface area is 167 Å². The maximum absolute atomic E-state index is 5.31. The average molecular weight is 381 g/mol. The van der Waals surface area contributed by atoms with Crippen LogP contribution in [-0.2, 0) is 0 Å². The van der Waals surface area contributed by atoms with E-state index in [4.69, 9.17) is 9.84 Å². The summed E-state index contributed by atoms with van der Waals surface area (Å²) in [6, 6.07) is 22.2. The van der Waals surface area contributed by atoms with Gasteiger partial charge in [0.25, 0.3) is 0 Å². The Kier molecular flexibility index (Phi) is 4.17. The summed E-state index contributed by atoms with van der Waals surface area (Å²) in [4.78, 5) is 4.44. The van der Waals surface area contributed by atoms with Crippen LogP contribution in [0.15, 0.2) is 72.9 Å². The summed E-state index contributed by atoms with van der Waals surface area (Å²) in [7, 11) is 1.65. The van der Waals surface area contributed by atoms with Gasteiger partial charge in [-0.1, -0.05) is 43.3 Å². The first-order chi connectivity index (χ1) is 14.2. The molecule has 0 fully saturated rings. The van der Waals surface area contributed by atoms with Gasteiger partial charge in [0.2, 0.25) is 0 Å². The molecular formula is C23H19N5O. The maximum atomic E-state index is 5.31. The average Bonchev–Trinajstić information content (AvgIpc) is 3.21. The Hall–Kier alpha value is -3.80. The van der Waals surface area contributed by atoms with Gasteiger partial charge < -0.3 is 4.74 Å². The molecule has 29 heavy (non-hydrogen) atoms. The number of methoxy groups -OCH3 is 1. The number of hydrogen-bond donors (Lipinski definition) is 0. The van der Waals surface area contributed by atoms with Crippen LogP contribution in [0.3, 0.4) is 0 Å². The van der Waals surface area contributed by atoms with Crippen molar-refractivity contribution >= 4 is 16.6 Å². The summed E-state index contributed by atoms with van der Waals surface area (Å²) >= 11 is 0. The van der Waals surface area contributed by atoms with Crippen LogP contribution >= 0.6 is 0 Å². The van der Waals surface area contributed by atoms with Crippen molar-refractivity contribution in [1.82, 2.24) is 24.8 Å². The zero-order valence-electron chi connectivity index (χ0n) is 16.1. The minimum Gasteiger partial charge on any atom is -0.495 e. The molecule has 6 heteroatoms. The van der Waals surface area contributed by atoms with E-state index in [1.807, 2.05) is 59.1 Å². The third kappa shape index (κ3) is 3.08. The highest BCUT2D eigenvalue weighted by Crippen LogP contribution is 2.27. The fourth-order valence-corrected chi connectivity index (χ4v) is 3.50. The van der Waals surface area contributed by atoms with Gasteiger partial charge in [-0.15, -0.1) is 10.2 Å². The molecule has 0 bridgehead atoms. The van der Waals surface area contributed by atoms with Crippen LogP contribution in [0.2, 0.25) is 0 Å². The second-order valence-corrected chi connectivity index (χ2v) is 6.96. The Morgan fingerprint density at radius 3 is 2.62 bits per heavy atom. The van der Waals surface area contributed by atoms with Gasteiger partial charge in [-0.05, 0) is 35.9 Å². The molecular weight excluding hydrogens is 362 g/mol. The number of hydrogen-bond acceptors (Lipinski definition) is 5. The number of pyridine rings is 1. The minimum absolute atomic E-state index is 0.0131. The van der Waals surface area contributed by atoms with E-state index in [0.717, 1.165) is 44.9 Å². The lowest BCUT2D eigenvalue weighted by Crippen LogP contribution is -2.05. The SMILES string of the molecule is COc1cnc2ccc([C@H](C)c3nnc4ccc(-c5ccccc5)nn34)cc2c1. The largest absolute Gasteiger partial charge is 0.495 e. The molecule has 2 aromatic carbocycles. The minimum atomic E-state index is 0.0131. The van der Waals surface area contributed by atoms with Crippen molar-refractivity contribution in [2.45, 2.75) is 12.8 Å². The topological polar surface area (TPSA) is 65.2 Å². The molecule has 3 heterocycles. The monoisotopic (exact) mass is 381 g/mol. The summed E-state index contributed by atoms with van der Waals surface area (Å²) in [5.41, 5.74) is 4.73. The van der Waals surface area contributed by atoms with Gasteiger partial charge in [0.15, 0.2) is 11.5 Å². The third-order valence-corrected chi connectivity index (χ3v) is 5.16.